The molecular formula is C31H56. The van der Waals surface area contributed by atoms with E-state index in [9.17, 15) is 0 Å². The van der Waals surface area contributed by atoms with Crippen LogP contribution in [0.5, 0.6) is 0 Å². The Morgan fingerprint density at radius 2 is 1.45 bits per heavy atom. The molecule has 0 bridgehead atoms. The molecule has 0 nitrogen and oxygen atoms in total. The Balaban J connectivity index is 1.44. The Hall–Kier alpha value is 0. The van der Waals surface area contributed by atoms with Crippen LogP contribution < -0.4 is 0 Å². The van der Waals surface area contributed by atoms with Gasteiger partial charge in [-0.25, -0.2) is 0 Å². The van der Waals surface area contributed by atoms with Gasteiger partial charge in [0.15, 0.2) is 0 Å². The summed E-state index contributed by atoms with van der Waals surface area (Å²) in [5.74, 6) is 8.94. The molecule has 3 unspecified atom stereocenters. The molecule has 0 heterocycles. The minimum absolute atomic E-state index is 0.655. The fraction of sp³-hybridized carbons (Fsp3) is 1.00. The van der Waals surface area contributed by atoms with E-state index in [1.165, 1.54) is 38.5 Å². The highest BCUT2D eigenvalue weighted by molar-refractivity contribution is 5.09. The van der Waals surface area contributed by atoms with Gasteiger partial charge in [-0.15, -0.1) is 0 Å². The highest BCUT2D eigenvalue weighted by Gasteiger charge is 2.60. The third kappa shape index (κ3) is 4.18. The second-order valence-corrected chi connectivity index (χ2v) is 14.0. The fourth-order valence-electron chi connectivity index (χ4n) is 10.6. The average Bonchev–Trinajstić information content (AvgIpc) is 3.08. The maximum absolute atomic E-state index is 2.77. The highest BCUT2D eigenvalue weighted by Crippen LogP contribution is 2.69. The van der Waals surface area contributed by atoms with Crippen molar-refractivity contribution in [3.63, 3.8) is 0 Å². The van der Waals surface area contributed by atoms with E-state index >= 15 is 0 Å². The molecule has 4 fully saturated rings. The van der Waals surface area contributed by atoms with Crippen molar-refractivity contribution in [2.75, 3.05) is 0 Å². The van der Waals surface area contributed by atoms with Gasteiger partial charge in [0.25, 0.3) is 0 Å². The molecule has 0 heteroatoms. The number of hydrogen-bond acceptors (Lipinski definition) is 0. The summed E-state index contributed by atoms with van der Waals surface area (Å²) < 4.78 is 0. The van der Waals surface area contributed by atoms with Crippen molar-refractivity contribution >= 4 is 0 Å². The van der Waals surface area contributed by atoms with Crippen LogP contribution >= 0.6 is 0 Å². The van der Waals surface area contributed by atoms with E-state index in [1.807, 2.05) is 0 Å². The summed E-state index contributed by atoms with van der Waals surface area (Å²) >= 11 is 0. The van der Waals surface area contributed by atoms with E-state index < -0.39 is 0 Å². The molecule has 0 amide bonds. The van der Waals surface area contributed by atoms with E-state index in [0.717, 1.165) is 53.3 Å². The van der Waals surface area contributed by atoms with Crippen molar-refractivity contribution in [1.82, 2.24) is 0 Å². The summed E-state index contributed by atoms with van der Waals surface area (Å²) in [6.45, 7) is 18.1. The van der Waals surface area contributed by atoms with Crippen LogP contribution in [0, 0.1) is 64.1 Å². The van der Waals surface area contributed by atoms with Crippen molar-refractivity contribution in [2.24, 2.45) is 64.1 Å². The molecule has 180 valence electrons. The molecule has 4 aliphatic carbocycles. The third-order valence-corrected chi connectivity index (χ3v) is 12.4. The molecule has 0 radical (unpaired) electrons. The molecule has 31 heavy (non-hydrogen) atoms. The monoisotopic (exact) mass is 428 g/mol. The van der Waals surface area contributed by atoms with E-state index in [2.05, 4.69) is 48.5 Å². The highest BCUT2D eigenvalue weighted by atomic mass is 14.7. The molecule has 4 rings (SSSR count). The largest absolute Gasteiger partial charge is 0.0654 e. The first kappa shape index (κ1) is 24.1. The van der Waals surface area contributed by atoms with Crippen molar-refractivity contribution in [3.05, 3.63) is 0 Å². The van der Waals surface area contributed by atoms with Crippen molar-refractivity contribution in [2.45, 2.75) is 132 Å². The zero-order valence-electron chi connectivity index (χ0n) is 22.4. The van der Waals surface area contributed by atoms with Gasteiger partial charge in [-0.3, -0.25) is 0 Å². The lowest BCUT2D eigenvalue weighted by molar-refractivity contribution is -0.127. The van der Waals surface area contributed by atoms with Gasteiger partial charge in [0.2, 0.25) is 0 Å². The first-order valence-electron chi connectivity index (χ1n) is 14.7. The van der Waals surface area contributed by atoms with E-state index in [0.29, 0.717) is 10.8 Å². The Bertz CT molecular complexity index is 591. The first-order chi connectivity index (χ1) is 14.7. The maximum atomic E-state index is 2.77. The van der Waals surface area contributed by atoms with Gasteiger partial charge in [-0.05, 0) is 115 Å². The van der Waals surface area contributed by atoms with Crippen LogP contribution in [-0.4, -0.2) is 0 Å². The molecule has 4 saturated carbocycles. The zero-order valence-corrected chi connectivity index (χ0v) is 22.4. The van der Waals surface area contributed by atoms with Gasteiger partial charge in [0, 0.05) is 0 Å². The minimum atomic E-state index is 0.655. The molecule has 0 aromatic carbocycles. The molecule has 0 aromatic heterocycles. The predicted molar refractivity (Wildman–Crippen MR) is 136 cm³/mol. The number of fused-ring (bicyclic) bond motifs is 5. The summed E-state index contributed by atoms with van der Waals surface area (Å²) in [4.78, 5) is 0. The van der Waals surface area contributed by atoms with Crippen molar-refractivity contribution in [3.8, 4) is 0 Å². The Morgan fingerprint density at radius 1 is 0.742 bits per heavy atom. The lowest BCUT2D eigenvalue weighted by Gasteiger charge is -2.62. The summed E-state index contributed by atoms with van der Waals surface area (Å²) in [6.07, 6.45) is 19.7. The molecule has 0 N–H and O–H groups in total. The molecule has 0 aromatic rings. The van der Waals surface area contributed by atoms with Gasteiger partial charge in [-0.1, -0.05) is 80.6 Å². The predicted octanol–water partition coefficient (Wildman–Crippen LogP) is 9.77. The summed E-state index contributed by atoms with van der Waals surface area (Å²) in [5.41, 5.74) is 1.33. The van der Waals surface area contributed by atoms with Crippen LogP contribution in [0.1, 0.15) is 132 Å². The topological polar surface area (TPSA) is 0 Å². The minimum Gasteiger partial charge on any atom is -0.0654 e. The molecule has 0 spiro atoms. The second kappa shape index (κ2) is 9.33. The van der Waals surface area contributed by atoms with Crippen LogP contribution in [0.4, 0.5) is 0 Å². The summed E-state index contributed by atoms with van der Waals surface area (Å²) in [7, 11) is 0. The Labute approximate surface area is 196 Å². The second-order valence-electron chi connectivity index (χ2n) is 14.0. The smallest absolute Gasteiger partial charge is 0.0264 e. The van der Waals surface area contributed by atoms with Crippen LogP contribution in [0.2, 0.25) is 0 Å². The molecule has 0 aliphatic heterocycles. The Morgan fingerprint density at radius 3 is 2.16 bits per heavy atom. The average molecular weight is 429 g/mol. The van der Waals surface area contributed by atoms with E-state index in [1.54, 1.807) is 44.9 Å². The van der Waals surface area contributed by atoms with Crippen LogP contribution in [0.3, 0.4) is 0 Å². The quantitative estimate of drug-likeness (QED) is 0.378. The van der Waals surface area contributed by atoms with Crippen LogP contribution in [-0.2, 0) is 0 Å². The maximum Gasteiger partial charge on any atom is -0.0264 e. The number of rotatable bonds is 7. The van der Waals surface area contributed by atoms with Gasteiger partial charge in [-0.2, -0.15) is 0 Å². The van der Waals surface area contributed by atoms with Crippen molar-refractivity contribution in [1.29, 1.82) is 0 Å². The zero-order chi connectivity index (χ0) is 22.4. The van der Waals surface area contributed by atoms with Gasteiger partial charge >= 0.3 is 0 Å². The molecule has 10 atom stereocenters. The molecule has 0 saturated heterocycles. The Kier molecular flexibility index (Phi) is 7.26. The lowest BCUT2D eigenvalue weighted by atomic mass is 9.43. The SMILES string of the molecule is CCCC(CC[C@@H](C)[C@H]1CC[C@H]2[C@@H]3CCC4C(C)CCC[C@]4(C)[C@H]3CC[C@]12C)C(C)C. The lowest BCUT2D eigenvalue weighted by Crippen LogP contribution is -2.54. The third-order valence-electron chi connectivity index (χ3n) is 12.4. The normalized spacial score (nSPS) is 46.8. The van der Waals surface area contributed by atoms with Gasteiger partial charge < -0.3 is 0 Å². The van der Waals surface area contributed by atoms with Crippen molar-refractivity contribution < 1.29 is 0 Å². The fourth-order valence-corrected chi connectivity index (χ4v) is 10.6. The van der Waals surface area contributed by atoms with Gasteiger partial charge in [0.05, 0.1) is 0 Å². The summed E-state index contributed by atoms with van der Waals surface area (Å²) in [6, 6.07) is 0. The molecule has 4 aliphatic rings. The molecular weight excluding hydrogens is 372 g/mol. The summed E-state index contributed by atoms with van der Waals surface area (Å²) in [5, 5.41) is 0. The first-order valence-corrected chi connectivity index (χ1v) is 14.7. The van der Waals surface area contributed by atoms with Crippen LogP contribution in [0.15, 0.2) is 0 Å². The number of hydrogen-bond donors (Lipinski definition) is 0. The van der Waals surface area contributed by atoms with E-state index in [4.69, 9.17) is 0 Å². The van der Waals surface area contributed by atoms with Gasteiger partial charge in [0.1, 0.15) is 0 Å². The standard InChI is InChI=1S/C31H56/c1-8-10-24(21(2)3)13-12-23(5)27-16-17-28-25-14-15-26-22(4)11-9-19-30(26,6)29(25)18-20-31(27,28)7/h21-29H,8-20H2,1-7H3/t22?,23-,24?,25+,26?,27-,28+,29+,30+,31-/m1/s1. The van der Waals surface area contributed by atoms with Crippen LogP contribution in [0.25, 0.3) is 0 Å². The van der Waals surface area contributed by atoms with E-state index in [-0.39, 0.29) is 0 Å².